The van der Waals surface area contributed by atoms with Gasteiger partial charge in [-0.3, -0.25) is 0 Å². The van der Waals surface area contributed by atoms with Crippen LogP contribution in [0.3, 0.4) is 0 Å². The van der Waals surface area contributed by atoms with Gasteiger partial charge in [-0.25, -0.2) is 4.79 Å². The Morgan fingerprint density at radius 2 is 1.95 bits per heavy atom. The van der Waals surface area contributed by atoms with Gasteiger partial charge in [-0.1, -0.05) is 24.6 Å². The highest BCUT2D eigenvalue weighted by Crippen LogP contribution is 2.17. The molecule has 0 amide bonds. The highest BCUT2D eigenvalue weighted by Gasteiger charge is 2.35. The molecule has 0 aromatic heterocycles. The molecule has 4 nitrogen and oxygen atoms in total. The van der Waals surface area contributed by atoms with Gasteiger partial charge in [0.15, 0.2) is 0 Å². The lowest BCUT2D eigenvalue weighted by atomic mass is 10.0. The number of anilines is 1. The summed E-state index contributed by atoms with van der Waals surface area (Å²) in [5, 5.41) is 3.29. The maximum atomic E-state index is 12.0. The Kier molecular flexibility index (Phi) is 6.02. The number of hydrogen-bond acceptors (Lipinski definition) is 4. The van der Waals surface area contributed by atoms with Crippen LogP contribution >= 0.6 is 0 Å². The Labute approximate surface area is 122 Å². The van der Waals surface area contributed by atoms with E-state index < -0.39 is 5.54 Å². The van der Waals surface area contributed by atoms with Crippen molar-refractivity contribution in [1.82, 2.24) is 5.32 Å². The molecule has 1 unspecified atom stereocenters. The number of likely N-dealkylation sites (N-methyl/N-ethyl adjacent to an activating group) is 1. The second-order valence-electron chi connectivity index (χ2n) is 5.44. The van der Waals surface area contributed by atoms with Gasteiger partial charge in [0.1, 0.15) is 5.54 Å². The van der Waals surface area contributed by atoms with E-state index in [1.807, 2.05) is 14.0 Å². The maximum absolute atomic E-state index is 12.0. The maximum Gasteiger partial charge on any atom is 0.327 e. The van der Waals surface area contributed by atoms with Crippen LogP contribution in [0.1, 0.15) is 25.8 Å². The molecule has 0 spiro atoms. The van der Waals surface area contributed by atoms with Crippen LogP contribution in [0.15, 0.2) is 24.3 Å². The lowest BCUT2D eigenvalue weighted by Crippen LogP contribution is -2.57. The van der Waals surface area contributed by atoms with Crippen molar-refractivity contribution in [2.24, 2.45) is 0 Å². The first-order chi connectivity index (χ1) is 9.42. The topological polar surface area (TPSA) is 41.6 Å². The lowest BCUT2D eigenvalue weighted by Gasteiger charge is -2.33. The van der Waals surface area contributed by atoms with Crippen molar-refractivity contribution >= 4 is 11.7 Å². The van der Waals surface area contributed by atoms with Crippen LogP contribution in [-0.4, -0.2) is 38.8 Å². The van der Waals surface area contributed by atoms with Gasteiger partial charge in [0.2, 0.25) is 0 Å². The summed E-state index contributed by atoms with van der Waals surface area (Å²) < 4.78 is 4.94. The van der Waals surface area contributed by atoms with E-state index in [0.717, 1.165) is 18.7 Å². The quantitative estimate of drug-likeness (QED) is 0.778. The number of ether oxygens (including phenoxy) is 1. The molecule has 4 heteroatoms. The summed E-state index contributed by atoms with van der Waals surface area (Å²) in [6.07, 6.45) is 0.973. The molecule has 0 saturated carbocycles. The monoisotopic (exact) mass is 278 g/mol. The fraction of sp³-hybridized carbons (Fsp3) is 0.562. The first-order valence-corrected chi connectivity index (χ1v) is 7.04. The molecule has 1 atom stereocenters. The zero-order chi connectivity index (χ0) is 15.2. The average Bonchev–Trinajstić information content (AvgIpc) is 2.44. The number of carbonyl (C=O) groups is 1. The minimum Gasteiger partial charge on any atom is -0.468 e. The van der Waals surface area contributed by atoms with E-state index in [0.29, 0.717) is 6.54 Å². The number of nitrogens with zero attached hydrogens (tertiary/aromatic N) is 1. The van der Waals surface area contributed by atoms with Gasteiger partial charge in [-0.15, -0.1) is 0 Å². The second kappa shape index (κ2) is 7.29. The minimum atomic E-state index is -0.704. The molecule has 0 bridgehead atoms. The molecule has 0 aliphatic rings. The molecule has 1 N–H and O–H groups in total. The van der Waals surface area contributed by atoms with Crippen molar-refractivity contribution in [3.63, 3.8) is 0 Å². The van der Waals surface area contributed by atoms with Crippen molar-refractivity contribution in [1.29, 1.82) is 0 Å². The normalized spacial score (nSPS) is 13.7. The van der Waals surface area contributed by atoms with Crippen molar-refractivity contribution in [3.8, 4) is 0 Å². The zero-order valence-electron chi connectivity index (χ0n) is 13.2. The van der Waals surface area contributed by atoms with Crippen LogP contribution in [0.4, 0.5) is 5.69 Å². The van der Waals surface area contributed by atoms with Gasteiger partial charge >= 0.3 is 5.97 Å². The van der Waals surface area contributed by atoms with E-state index in [4.69, 9.17) is 4.74 Å². The van der Waals surface area contributed by atoms with Crippen LogP contribution in [0, 0.1) is 6.92 Å². The summed E-state index contributed by atoms with van der Waals surface area (Å²) in [5.74, 6) is -0.232. The molecule has 1 aromatic rings. The summed E-state index contributed by atoms with van der Waals surface area (Å²) in [7, 11) is 3.42. The van der Waals surface area contributed by atoms with Crippen LogP contribution in [0.5, 0.6) is 0 Å². The number of hydrogen-bond donors (Lipinski definition) is 1. The largest absolute Gasteiger partial charge is 0.468 e. The molecule has 112 valence electrons. The number of nitrogens with one attached hydrogen (secondary N) is 1. The van der Waals surface area contributed by atoms with E-state index in [9.17, 15) is 4.79 Å². The van der Waals surface area contributed by atoms with Gasteiger partial charge in [0.25, 0.3) is 0 Å². The third-order valence-electron chi connectivity index (χ3n) is 3.43. The van der Waals surface area contributed by atoms with Crippen LogP contribution < -0.4 is 10.2 Å². The molecular weight excluding hydrogens is 252 g/mol. The Bertz CT molecular complexity index is 431. The minimum absolute atomic E-state index is 0.232. The number of rotatable bonds is 7. The van der Waals surface area contributed by atoms with E-state index in [-0.39, 0.29) is 5.97 Å². The average molecular weight is 278 g/mol. The van der Waals surface area contributed by atoms with Crippen LogP contribution in [0.25, 0.3) is 0 Å². The summed E-state index contributed by atoms with van der Waals surface area (Å²) in [6, 6.07) is 8.27. The number of carbonyl (C=O) groups excluding carboxylic acids is 1. The Morgan fingerprint density at radius 3 is 2.45 bits per heavy atom. The Morgan fingerprint density at radius 1 is 1.35 bits per heavy atom. The molecule has 20 heavy (non-hydrogen) atoms. The fourth-order valence-corrected chi connectivity index (χ4v) is 2.18. The molecular formula is C16H26N2O2. The lowest BCUT2D eigenvalue weighted by molar-refractivity contribution is -0.147. The smallest absolute Gasteiger partial charge is 0.327 e. The molecule has 0 radical (unpaired) electrons. The van der Waals surface area contributed by atoms with Gasteiger partial charge in [0, 0.05) is 19.3 Å². The summed E-state index contributed by atoms with van der Waals surface area (Å²) >= 11 is 0. The molecule has 0 saturated heterocycles. The molecule has 0 aliphatic carbocycles. The number of benzene rings is 1. The van der Waals surface area contributed by atoms with Crippen LogP contribution in [0.2, 0.25) is 0 Å². The van der Waals surface area contributed by atoms with Crippen molar-refractivity contribution < 1.29 is 9.53 Å². The molecule has 0 aliphatic heterocycles. The SMILES string of the molecule is CCCNC(C)(CN(C)c1ccc(C)cc1)C(=O)OC. The van der Waals surface area contributed by atoms with Crippen LogP contribution in [-0.2, 0) is 9.53 Å². The highest BCUT2D eigenvalue weighted by molar-refractivity contribution is 5.81. The Balaban J connectivity index is 2.83. The van der Waals surface area contributed by atoms with E-state index >= 15 is 0 Å². The fourth-order valence-electron chi connectivity index (χ4n) is 2.18. The summed E-state index contributed by atoms with van der Waals surface area (Å²) in [6.45, 7) is 7.37. The predicted octanol–water partition coefficient (Wildman–Crippen LogP) is 2.36. The van der Waals surface area contributed by atoms with E-state index in [1.165, 1.54) is 12.7 Å². The van der Waals surface area contributed by atoms with E-state index in [1.54, 1.807) is 0 Å². The van der Waals surface area contributed by atoms with Gasteiger partial charge in [-0.05, 0) is 38.9 Å². The first-order valence-electron chi connectivity index (χ1n) is 7.04. The molecule has 1 aromatic carbocycles. The van der Waals surface area contributed by atoms with Gasteiger partial charge in [0.05, 0.1) is 7.11 Å². The number of aryl methyl sites for hydroxylation is 1. The molecule has 1 rings (SSSR count). The standard InChI is InChI=1S/C16H26N2O2/c1-6-11-17-16(3,15(19)20-5)12-18(4)14-9-7-13(2)8-10-14/h7-10,17H,6,11-12H2,1-5H3. The third-order valence-corrected chi connectivity index (χ3v) is 3.43. The number of esters is 1. The molecule has 0 heterocycles. The van der Waals surface area contributed by atoms with Crippen molar-refractivity contribution in [3.05, 3.63) is 29.8 Å². The van der Waals surface area contributed by atoms with E-state index in [2.05, 4.69) is 48.3 Å². The van der Waals surface area contributed by atoms with Gasteiger partial charge in [-0.2, -0.15) is 0 Å². The second-order valence-corrected chi connectivity index (χ2v) is 5.44. The summed E-state index contributed by atoms with van der Waals surface area (Å²) in [4.78, 5) is 14.1. The summed E-state index contributed by atoms with van der Waals surface area (Å²) in [5.41, 5.74) is 1.61. The zero-order valence-corrected chi connectivity index (χ0v) is 13.2. The number of methoxy groups -OCH3 is 1. The third kappa shape index (κ3) is 4.23. The highest BCUT2D eigenvalue weighted by atomic mass is 16.5. The van der Waals surface area contributed by atoms with Gasteiger partial charge < -0.3 is 15.0 Å². The van der Waals surface area contributed by atoms with Crippen molar-refractivity contribution in [2.75, 3.05) is 32.1 Å². The molecule has 0 fully saturated rings. The van der Waals surface area contributed by atoms with Crippen molar-refractivity contribution in [2.45, 2.75) is 32.7 Å². The predicted molar refractivity (Wildman–Crippen MR) is 83.2 cm³/mol. The Hall–Kier alpha value is -1.55. The first kappa shape index (κ1) is 16.5.